The molecule has 0 unspecified atom stereocenters. The largest absolute Gasteiger partial charge is 0.452 e. The topological polar surface area (TPSA) is 46.6 Å². The van der Waals surface area contributed by atoms with Crippen molar-refractivity contribution in [3.8, 4) is 0 Å². The van der Waals surface area contributed by atoms with Crippen LogP contribution in [0, 0.1) is 5.82 Å². The maximum Gasteiger partial charge on any atom is 0.338 e. The second kappa shape index (κ2) is 8.13. The zero-order chi connectivity index (χ0) is 17.7. The lowest BCUT2D eigenvalue weighted by Crippen LogP contribution is -2.31. The second-order valence-corrected chi connectivity index (χ2v) is 5.88. The van der Waals surface area contributed by atoms with Gasteiger partial charge in [-0.15, -0.1) is 0 Å². The Bertz CT molecular complexity index is 747. The van der Waals surface area contributed by atoms with E-state index in [1.165, 1.54) is 42.3 Å². The van der Waals surface area contributed by atoms with Gasteiger partial charge in [0.25, 0.3) is 5.91 Å². The quantitative estimate of drug-likeness (QED) is 0.749. The highest BCUT2D eigenvalue weighted by Crippen LogP contribution is 2.20. The van der Waals surface area contributed by atoms with E-state index in [0.29, 0.717) is 5.02 Å². The van der Waals surface area contributed by atoms with Gasteiger partial charge >= 0.3 is 5.97 Å². The van der Waals surface area contributed by atoms with Gasteiger partial charge in [0.1, 0.15) is 5.82 Å². The predicted octanol–water partition coefficient (Wildman–Crippen LogP) is 3.95. The number of amides is 1. The summed E-state index contributed by atoms with van der Waals surface area (Å²) in [5.74, 6) is -1.65. The first-order chi connectivity index (χ1) is 11.4. The summed E-state index contributed by atoms with van der Waals surface area (Å²) in [5.41, 5.74) is 0.450. The van der Waals surface area contributed by atoms with Gasteiger partial charge in [-0.1, -0.05) is 35.3 Å². The van der Waals surface area contributed by atoms with Crippen molar-refractivity contribution in [2.24, 2.45) is 0 Å². The molecule has 0 aliphatic heterocycles. The van der Waals surface area contributed by atoms with Crippen LogP contribution < -0.4 is 0 Å². The van der Waals surface area contributed by atoms with Crippen LogP contribution in [0.3, 0.4) is 0 Å². The Kier molecular flexibility index (Phi) is 6.17. The molecule has 0 fully saturated rings. The first-order valence-electron chi connectivity index (χ1n) is 6.98. The molecular formula is C17H14Cl2FNO3. The molecule has 24 heavy (non-hydrogen) atoms. The van der Waals surface area contributed by atoms with Crippen molar-refractivity contribution in [2.45, 2.75) is 6.54 Å². The number of rotatable bonds is 5. The Balaban J connectivity index is 1.93. The summed E-state index contributed by atoms with van der Waals surface area (Å²) < 4.78 is 18.7. The number of halogens is 3. The lowest BCUT2D eigenvalue weighted by Gasteiger charge is -2.18. The molecule has 126 valence electrons. The maximum atomic E-state index is 13.7. The average Bonchev–Trinajstić information content (AvgIpc) is 2.55. The van der Waals surface area contributed by atoms with E-state index in [4.69, 9.17) is 27.9 Å². The Morgan fingerprint density at radius 3 is 2.54 bits per heavy atom. The van der Waals surface area contributed by atoms with E-state index in [-0.39, 0.29) is 22.7 Å². The Morgan fingerprint density at radius 1 is 1.17 bits per heavy atom. The predicted molar refractivity (Wildman–Crippen MR) is 89.6 cm³/mol. The summed E-state index contributed by atoms with van der Waals surface area (Å²) in [6.07, 6.45) is 0. The van der Waals surface area contributed by atoms with Gasteiger partial charge in [-0.2, -0.15) is 0 Å². The molecule has 0 radical (unpaired) electrons. The third kappa shape index (κ3) is 4.69. The molecular weight excluding hydrogens is 356 g/mol. The minimum Gasteiger partial charge on any atom is -0.452 e. The summed E-state index contributed by atoms with van der Waals surface area (Å²) in [6.45, 7) is -0.493. The number of carbonyl (C=O) groups excluding carboxylic acids is 2. The molecule has 2 aromatic carbocycles. The van der Waals surface area contributed by atoms with E-state index in [1.807, 2.05) is 0 Å². The molecule has 2 aromatic rings. The van der Waals surface area contributed by atoms with Gasteiger partial charge in [0.05, 0.1) is 5.56 Å². The molecule has 0 spiro atoms. The molecule has 7 heteroatoms. The molecule has 0 saturated carbocycles. The van der Waals surface area contributed by atoms with Crippen LogP contribution in [-0.2, 0) is 16.1 Å². The third-order valence-electron chi connectivity index (χ3n) is 3.27. The standard InChI is InChI=1S/C17H14Cl2FNO3/c1-21(9-13-14(19)6-3-7-15(13)20)16(22)10-24-17(23)11-4-2-5-12(18)8-11/h2-8H,9-10H2,1H3. The van der Waals surface area contributed by atoms with Gasteiger partial charge in [0, 0.05) is 29.2 Å². The maximum absolute atomic E-state index is 13.7. The second-order valence-electron chi connectivity index (χ2n) is 5.04. The first-order valence-corrected chi connectivity index (χ1v) is 7.73. The van der Waals surface area contributed by atoms with Crippen LogP contribution in [0.4, 0.5) is 4.39 Å². The highest BCUT2D eigenvalue weighted by molar-refractivity contribution is 6.31. The van der Waals surface area contributed by atoms with Gasteiger partial charge < -0.3 is 9.64 Å². The van der Waals surface area contributed by atoms with Crippen molar-refractivity contribution < 1.29 is 18.7 Å². The van der Waals surface area contributed by atoms with Gasteiger partial charge in [-0.05, 0) is 30.3 Å². The molecule has 0 aromatic heterocycles. The molecule has 0 bridgehead atoms. The van der Waals surface area contributed by atoms with Crippen molar-refractivity contribution >= 4 is 35.1 Å². The van der Waals surface area contributed by atoms with E-state index in [1.54, 1.807) is 12.1 Å². The number of benzene rings is 2. The smallest absolute Gasteiger partial charge is 0.338 e. The highest BCUT2D eigenvalue weighted by Gasteiger charge is 2.16. The van der Waals surface area contributed by atoms with Gasteiger partial charge in [0.15, 0.2) is 6.61 Å². The fraction of sp³-hybridized carbons (Fsp3) is 0.176. The molecule has 0 saturated heterocycles. The number of hydrogen-bond donors (Lipinski definition) is 0. The zero-order valence-electron chi connectivity index (χ0n) is 12.8. The third-order valence-corrected chi connectivity index (χ3v) is 3.86. The monoisotopic (exact) mass is 369 g/mol. The molecule has 4 nitrogen and oxygen atoms in total. The fourth-order valence-corrected chi connectivity index (χ4v) is 2.36. The molecule has 1 amide bonds. The molecule has 0 heterocycles. The van der Waals surface area contributed by atoms with Gasteiger partial charge in [-0.3, -0.25) is 4.79 Å². The highest BCUT2D eigenvalue weighted by atomic mass is 35.5. The Morgan fingerprint density at radius 2 is 1.88 bits per heavy atom. The van der Waals surface area contributed by atoms with Crippen molar-refractivity contribution in [3.63, 3.8) is 0 Å². The van der Waals surface area contributed by atoms with Crippen LogP contribution >= 0.6 is 23.2 Å². The van der Waals surface area contributed by atoms with Crippen molar-refractivity contribution in [2.75, 3.05) is 13.7 Å². The summed E-state index contributed by atoms with van der Waals surface area (Å²) in [4.78, 5) is 25.1. The lowest BCUT2D eigenvalue weighted by atomic mass is 10.2. The number of hydrogen-bond acceptors (Lipinski definition) is 3. The van der Waals surface area contributed by atoms with Crippen molar-refractivity contribution in [1.82, 2.24) is 4.90 Å². The summed E-state index contributed by atoms with van der Waals surface area (Å²) in [5, 5.41) is 0.618. The number of ether oxygens (including phenoxy) is 1. The first kappa shape index (κ1) is 18.2. The molecule has 0 aliphatic rings. The Hall–Kier alpha value is -2.11. The fourth-order valence-electron chi connectivity index (χ4n) is 1.94. The minimum atomic E-state index is -0.664. The van der Waals surface area contributed by atoms with Gasteiger partial charge in [-0.25, -0.2) is 9.18 Å². The van der Waals surface area contributed by atoms with Crippen LogP contribution in [0.25, 0.3) is 0 Å². The van der Waals surface area contributed by atoms with Crippen molar-refractivity contribution in [3.05, 3.63) is 69.5 Å². The van der Waals surface area contributed by atoms with Gasteiger partial charge in [0.2, 0.25) is 0 Å². The summed E-state index contributed by atoms with van der Waals surface area (Å²) >= 11 is 11.7. The van der Waals surface area contributed by atoms with E-state index in [9.17, 15) is 14.0 Å². The van der Waals surface area contributed by atoms with Crippen LogP contribution in [0.1, 0.15) is 15.9 Å². The van der Waals surface area contributed by atoms with Crippen LogP contribution in [0.15, 0.2) is 42.5 Å². The molecule has 0 atom stereocenters. The minimum absolute atomic E-state index is 0.0287. The van der Waals surface area contributed by atoms with Crippen LogP contribution in [0.5, 0.6) is 0 Å². The number of esters is 1. The van der Waals surface area contributed by atoms with E-state index in [0.717, 1.165) is 0 Å². The van der Waals surface area contributed by atoms with E-state index in [2.05, 4.69) is 0 Å². The lowest BCUT2D eigenvalue weighted by molar-refractivity contribution is -0.133. The molecule has 0 aliphatic carbocycles. The Labute approximate surface area is 148 Å². The summed E-state index contributed by atoms with van der Waals surface area (Å²) in [6, 6.07) is 10.5. The van der Waals surface area contributed by atoms with Crippen LogP contribution in [-0.4, -0.2) is 30.4 Å². The average molecular weight is 370 g/mol. The zero-order valence-corrected chi connectivity index (χ0v) is 14.3. The SMILES string of the molecule is CN(Cc1c(F)cccc1Cl)C(=O)COC(=O)c1cccc(Cl)c1. The summed E-state index contributed by atoms with van der Waals surface area (Å²) in [7, 11) is 1.47. The van der Waals surface area contributed by atoms with E-state index < -0.39 is 24.3 Å². The van der Waals surface area contributed by atoms with Crippen LogP contribution in [0.2, 0.25) is 10.0 Å². The van der Waals surface area contributed by atoms with E-state index >= 15 is 0 Å². The number of nitrogens with zero attached hydrogens (tertiary/aromatic N) is 1. The normalized spacial score (nSPS) is 10.3. The van der Waals surface area contributed by atoms with Crippen molar-refractivity contribution in [1.29, 1.82) is 0 Å². The number of carbonyl (C=O) groups is 2. The molecule has 2 rings (SSSR count). The molecule has 0 N–H and O–H groups in total. The number of likely N-dealkylation sites (N-methyl/N-ethyl adjacent to an activating group) is 1.